The fraction of sp³-hybridized carbons (Fsp3) is 0.250. The average molecular weight is 342 g/mol. The van der Waals surface area contributed by atoms with Crippen molar-refractivity contribution in [2.75, 3.05) is 5.73 Å². The third-order valence-corrected chi connectivity index (χ3v) is 4.34. The van der Waals surface area contributed by atoms with Crippen molar-refractivity contribution in [1.29, 1.82) is 0 Å². The molecular weight excluding hydrogens is 324 g/mol. The lowest BCUT2D eigenvalue weighted by Gasteiger charge is -2.08. The van der Waals surface area contributed by atoms with Crippen LogP contribution in [0, 0.1) is 0 Å². The lowest BCUT2D eigenvalue weighted by atomic mass is 10.2. The van der Waals surface area contributed by atoms with Crippen LogP contribution >= 0.6 is 11.3 Å². The second-order valence-electron chi connectivity index (χ2n) is 5.53. The summed E-state index contributed by atoms with van der Waals surface area (Å²) >= 11 is 1.50. The van der Waals surface area contributed by atoms with E-state index < -0.39 is 0 Å². The maximum atomic E-state index is 12.3. The van der Waals surface area contributed by atoms with E-state index in [9.17, 15) is 4.79 Å². The van der Waals surface area contributed by atoms with Crippen LogP contribution in [0.25, 0.3) is 11.3 Å². The predicted octanol–water partition coefficient (Wildman–Crippen LogP) is 2.49. The van der Waals surface area contributed by atoms with Gasteiger partial charge in [0.2, 0.25) is 0 Å². The van der Waals surface area contributed by atoms with E-state index in [0.717, 1.165) is 16.3 Å². The molecule has 0 unspecified atom stereocenters. The SMILES string of the molecule is CC(C)n1ncc(C(=O)NCc2nc(-c3ccncc3)cs2)c1N. The summed E-state index contributed by atoms with van der Waals surface area (Å²) in [5.41, 5.74) is 8.23. The number of amides is 1. The molecule has 0 atom stereocenters. The molecule has 3 N–H and O–H groups in total. The van der Waals surface area contributed by atoms with Crippen molar-refractivity contribution in [3.8, 4) is 11.3 Å². The number of carbonyl (C=O) groups is 1. The van der Waals surface area contributed by atoms with Crippen LogP contribution in [-0.4, -0.2) is 25.7 Å². The minimum absolute atomic E-state index is 0.105. The third-order valence-electron chi connectivity index (χ3n) is 3.50. The number of carbonyl (C=O) groups excluding carboxylic acids is 1. The third kappa shape index (κ3) is 3.28. The molecule has 3 aromatic rings. The Kier molecular flexibility index (Phi) is 4.57. The van der Waals surface area contributed by atoms with Crippen LogP contribution in [0.4, 0.5) is 5.82 Å². The molecule has 0 radical (unpaired) electrons. The molecule has 24 heavy (non-hydrogen) atoms. The van der Waals surface area contributed by atoms with Gasteiger partial charge < -0.3 is 11.1 Å². The normalized spacial score (nSPS) is 11.0. The fourth-order valence-electron chi connectivity index (χ4n) is 2.26. The highest BCUT2D eigenvalue weighted by atomic mass is 32.1. The lowest BCUT2D eigenvalue weighted by molar-refractivity contribution is 0.0951. The van der Waals surface area contributed by atoms with Gasteiger partial charge in [0.05, 0.1) is 18.4 Å². The molecule has 0 saturated heterocycles. The summed E-state index contributed by atoms with van der Waals surface area (Å²) < 4.78 is 1.62. The van der Waals surface area contributed by atoms with Gasteiger partial charge in [0.1, 0.15) is 16.4 Å². The number of hydrogen-bond donors (Lipinski definition) is 2. The number of rotatable bonds is 5. The van der Waals surface area contributed by atoms with Gasteiger partial charge in [-0.1, -0.05) is 0 Å². The molecule has 3 rings (SSSR count). The monoisotopic (exact) mass is 342 g/mol. The van der Waals surface area contributed by atoms with Crippen LogP contribution in [-0.2, 0) is 6.54 Å². The number of nitrogens with one attached hydrogen (secondary N) is 1. The number of pyridine rings is 1. The molecule has 0 aliphatic carbocycles. The first-order valence-electron chi connectivity index (χ1n) is 7.52. The summed E-state index contributed by atoms with van der Waals surface area (Å²) in [5.74, 6) is 0.124. The number of thiazole rings is 1. The van der Waals surface area contributed by atoms with E-state index in [1.165, 1.54) is 17.5 Å². The Morgan fingerprint density at radius 3 is 2.79 bits per heavy atom. The van der Waals surface area contributed by atoms with E-state index in [0.29, 0.717) is 17.9 Å². The van der Waals surface area contributed by atoms with Gasteiger partial charge in [-0.15, -0.1) is 11.3 Å². The molecule has 0 aliphatic rings. The first-order chi connectivity index (χ1) is 11.6. The van der Waals surface area contributed by atoms with Gasteiger partial charge >= 0.3 is 0 Å². The van der Waals surface area contributed by atoms with E-state index in [-0.39, 0.29) is 11.9 Å². The van der Waals surface area contributed by atoms with Crippen molar-refractivity contribution < 1.29 is 4.79 Å². The Bertz CT molecular complexity index is 839. The van der Waals surface area contributed by atoms with Crippen LogP contribution in [0.15, 0.2) is 36.1 Å². The Labute approximate surface area is 143 Å². The number of anilines is 1. The number of nitrogens with zero attached hydrogens (tertiary/aromatic N) is 4. The molecular formula is C16H18N6OS. The molecule has 7 nitrogen and oxygen atoms in total. The average Bonchev–Trinajstić information content (AvgIpc) is 3.20. The largest absolute Gasteiger partial charge is 0.383 e. The van der Waals surface area contributed by atoms with Crippen molar-refractivity contribution >= 4 is 23.1 Å². The number of hydrogen-bond acceptors (Lipinski definition) is 6. The van der Waals surface area contributed by atoms with Gasteiger partial charge in [-0.2, -0.15) is 5.10 Å². The van der Waals surface area contributed by atoms with Crippen molar-refractivity contribution in [2.24, 2.45) is 0 Å². The summed E-state index contributed by atoms with van der Waals surface area (Å²) in [4.78, 5) is 20.8. The minimum Gasteiger partial charge on any atom is -0.383 e. The van der Waals surface area contributed by atoms with Crippen LogP contribution in [0.2, 0.25) is 0 Å². The molecule has 0 aromatic carbocycles. The second-order valence-corrected chi connectivity index (χ2v) is 6.47. The predicted molar refractivity (Wildman–Crippen MR) is 93.5 cm³/mol. The van der Waals surface area contributed by atoms with Gasteiger partial charge in [-0.3, -0.25) is 9.78 Å². The van der Waals surface area contributed by atoms with E-state index in [4.69, 9.17) is 5.73 Å². The number of nitrogen functional groups attached to an aromatic ring is 1. The Balaban J connectivity index is 1.66. The van der Waals surface area contributed by atoms with Crippen LogP contribution in [0.5, 0.6) is 0 Å². The topological polar surface area (TPSA) is 98.7 Å². The molecule has 0 saturated carbocycles. The fourth-order valence-corrected chi connectivity index (χ4v) is 3.00. The molecule has 124 valence electrons. The molecule has 0 bridgehead atoms. The zero-order chi connectivity index (χ0) is 17.1. The van der Waals surface area contributed by atoms with Crippen molar-refractivity contribution in [2.45, 2.75) is 26.4 Å². The molecule has 0 aliphatic heterocycles. The standard InChI is InChI=1S/C16H18N6OS/c1-10(2)22-15(17)12(7-20-22)16(23)19-8-14-21-13(9-24-14)11-3-5-18-6-4-11/h3-7,9-10H,8,17H2,1-2H3,(H,19,23). The highest BCUT2D eigenvalue weighted by Crippen LogP contribution is 2.21. The highest BCUT2D eigenvalue weighted by Gasteiger charge is 2.16. The number of nitrogens with two attached hydrogens (primary N) is 1. The summed E-state index contributed by atoms with van der Waals surface area (Å²) in [5, 5.41) is 9.77. The zero-order valence-electron chi connectivity index (χ0n) is 13.4. The first kappa shape index (κ1) is 16.1. The second kappa shape index (κ2) is 6.79. The van der Waals surface area contributed by atoms with Crippen molar-refractivity contribution in [3.63, 3.8) is 0 Å². The van der Waals surface area contributed by atoms with Gasteiger partial charge in [0.25, 0.3) is 5.91 Å². The van der Waals surface area contributed by atoms with Gasteiger partial charge in [0, 0.05) is 29.4 Å². The maximum absolute atomic E-state index is 12.3. The van der Waals surface area contributed by atoms with Crippen molar-refractivity contribution in [3.05, 3.63) is 46.7 Å². The van der Waals surface area contributed by atoms with Crippen LogP contribution in [0.1, 0.15) is 35.3 Å². The van der Waals surface area contributed by atoms with E-state index in [2.05, 4.69) is 20.4 Å². The summed E-state index contributed by atoms with van der Waals surface area (Å²) in [6.45, 7) is 4.27. The van der Waals surface area contributed by atoms with E-state index in [1.54, 1.807) is 17.1 Å². The first-order valence-corrected chi connectivity index (χ1v) is 8.40. The maximum Gasteiger partial charge on any atom is 0.257 e. The summed E-state index contributed by atoms with van der Waals surface area (Å²) in [6, 6.07) is 3.91. The number of aromatic nitrogens is 4. The van der Waals surface area contributed by atoms with E-state index >= 15 is 0 Å². The quantitative estimate of drug-likeness (QED) is 0.742. The van der Waals surface area contributed by atoms with Crippen LogP contribution < -0.4 is 11.1 Å². The molecule has 8 heteroatoms. The van der Waals surface area contributed by atoms with Crippen molar-refractivity contribution in [1.82, 2.24) is 25.1 Å². The molecule has 1 amide bonds. The highest BCUT2D eigenvalue weighted by molar-refractivity contribution is 7.09. The lowest BCUT2D eigenvalue weighted by Crippen LogP contribution is -2.23. The Morgan fingerprint density at radius 1 is 1.38 bits per heavy atom. The van der Waals surface area contributed by atoms with Gasteiger partial charge in [0.15, 0.2) is 0 Å². The zero-order valence-corrected chi connectivity index (χ0v) is 14.2. The van der Waals surface area contributed by atoms with Gasteiger partial charge in [-0.25, -0.2) is 9.67 Å². The molecule has 3 heterocycles. The summed E-state index contributed by atoms with van der Waals surface area (Å²) in [7, 11) is 0. The Hall–Kier alpha value is -2.74. The molecule has 3 aromatic heterocycles. The smallest absolute Gasteiger partial charge is 0.257 e. The molecule has 0 spiro atoms. The van der Waals surface area contributed by atoms with Gasteiger partial charge in [-0.05, 0) is 26.0 Å². The van der Waals surface area contributed by atoms with Crippen LogP contribution in [0.3, 0.4) is 0 Å². The minimum atomic E-state index is -0.250. The molecule has 0 fully saturated rings. The summed E-state index contributed by atoms with van der Waals surface area (Å²) in [6.07, 6.45) is 4.95. The Morgan fingerprint density at radius 2 is 2.12 bits per heavy atom. The van der Waals surface area contributed by atoms with E-state index in [1.807, 2.05) is 31.4 Å².